The van der Waals surface area contributed by atoms with E-state index in [9.17, 15) is 9.59 Å². The molecule has 1 saturated heterocycles. The van der Waals surface area contributed by atoms with E-state index < -0.39 is 0 Å². The van der Waals surface area contributed by atoms with Crippen LogP contribution >= 0.6 is 23.4 Å². The maximum atomic E-state index is 12.1. The summed E-state index contributed by atoms with van der Waals surface area (Å²) in [6, 6.07) is 1.85. The molecule has 1 aromatic rings. The van der Waals surface area contributed by atoms with Gasteiger partial charge in [-0.2, -0.15) is 0 Å². The standard InChI is InChI=1S/C18H28ClN5O2S/c1-5-17(26)24-8-6-23(7-9-24)15-10-14(19)21-18(22-15)27-11-16(25)20-13(4)12(2)3/h10,12-13H,5-9,11H2,1-4H3,(H,20,25). The fourth-order valence-corrected chi connectivity index (χ4v) is 3.51. The van der Waals surface area contributed by atoms with Crippen LogP contribution in [0.25, 0.3) is 0 Å². The molecule has 150 valence electrons. The average molecular weight is 414 g/mol. The van der Waals surface area contributed by atoms with Gasteiger partial charge in [0.25, 0.3) is 0 Å². The second-order valence-corrected chi connectivity index (χ2v) is 8.27. The third-order valence-corrected chi connectivity index (χ3v) is 5.68. The van der Waals surface area contributed by atoms with Gasteiger partial charge < -0.3 is 15.1 Å². The monoisotopic (exact) mass is 413 g/mol. The Morgan fingerprint density at radius 3 is 2.48 bits per heavy atom. The lowest BCUT2D eigenvalue weighted by atomic mass is 10.1. The van der Waals surface area contributed by atoms with Crippen molar-refractivity contribution < 1.29 is 9.59 Å². The summed E-state index contributed by atoms with van der Waals surface area (Å²) in [6.45, 7) is 10.8. The number of nitrogens with one attached hydrogen (secondary N) is 1. The lowest BCUT2D eigenvalue weighted by molar-refractivity contribution is -0.131. The molecule has 2 heterocycles. The Bertz CT molecular complexity index is 665. The molecule has 0 radical (unpaired) electrons. The number of anilines is 1. The van der Waals surface area contributed by atoms with Crippen LogP contribution in [0.3, 0.4) is 0 Å². The van der Waals surface area contributed by atoms with E-state index in [1.807, 2.05) is 18.7 Å². The van der Waals surface area contributed by atoms with Crippen molar-refractivity contribution in [2.45, 2.75) is 45.3 Å². The second-order valence-electron chi connectivity index (χ2n) is 6.94. The van der Waals surface area contributed by atoms with Crippen LogP contribution in [0.1, 0.15) is 34.1 Å². The summed E-state index contributed by atoms with van der Waals surface area (Å²) in [7, 11) is 0. The van der Waals surface area contributed by atoms with Gasteiger partial charge in [-0.3, -0.25) is 9.59 Å². The molecule has 1 aliphatic heterocycles. The molecular weight excluding hydrogens is 386 g/mol. The van der Waals surface area contributed by atoms with Crippen molar-refractivity contribution in [3.8, 4) is 0 Å². The van der Waals surface area contributed by atoms with E-state index in [2.05, 4.69) is 34.0 Å². The maximum Gasteiger partial charge on any atom is 0.230 e. The van der Waals surface area contributed by atoms with Crippen molar-refractivity contribution in [1.82, 2.24) is 20.2 Å². The molecule has 0 saturated carbocycles. The lowest BCUT2D eigenvalue weighted by Crippen LogP contribution is -2.48. The van der Waals surface area contributed by atoms with Gasteiger partial charge in [0.05, 0.1) is 5.75 Å². The van der Waals surface area contributed by atoms with Crippen LogP contribution in [0, 0.1) is 5.92 Å². The van der Waals surface area contributed by atoms with Crippen LogP contribution in [-0.4, -0.2) is 64.7 Å². The van der Waals surface area contributed by atoms with Crippen molar-refractivity contribution in [3.05, 3.63) is 11.2 Å². The second kappa shape index (κ2) is 10.1. The molecule has 27 heavy (non-hydrogen) atoms. The van der Waals surface area contributed by atoms with Crippen molar-refractivity contribution in [1.29, 1.82) is 0 Å². The van der Waals surface area contributed by atoms with Crippen LogP contribution in [0.15, 0.2) is 11.2 Å². The topological polar surface area (TPSA) is 78.4 Å². The van der Waals surface area contributed by atoms with Gasteiger partial charge in [0.2, 0.25) is 11.8 Å². The zero-order chi connectivity index (χ0) is 20.0. The molecular formula is C18H28ClN5O2S. The molecule has 1 N–H and O–H groups in total. The zero-order valence-corrected chi connectivity index (χ0v) is 17.9. The minimum Gasteiger partial charge on any atom is -0.353 e. The highest BCUT2D eigenvalue weighted by Crippen LogP contribution is 2.23. The van der Waals surface area contributed by atoms with Gasteiger partial charge in [-0.1, -0.05) is 44.1 Å². The van der Waals surface area contributed by atoms with Crippen molar-refractivity contribution in [2.24, 2.45) is 5.92 Å². The molecule has 2 amide bonds. The lowest BCUT2D eigenvalue weighted by Gasteiger charge is -2.35. The van der Waals surface area contributed by atoms with Gasteiger partial charge in [-0.15, -0.1) is 0 Å². The molecule has 0 bridgehead atoms. The van der Waals surface area contributed by atoms with Crippen molar-refractivity contribution in [3.63, 3.8) is 0 Å². The highest BCUT2D eigenvalue weighted by Gasteiger charge is 2.22. The third-order valence-electron chi connectivity index (χ3n) is 4.64. The molecule has 1 unspecified atom stereocenters. The maximum absolute atomic E-state index is 12.1. The Kier molecular flexibility index (Phi) is 8.16. The number of hydrogen-bond acceptors (Lipinski definition) is 6. The molecule has 1 aromatic heterocycles. The Morgan fingerprint density at radius 1 is 1.22 bits per heavy atom. The Labute approximate surface area is 170 Å². The number of thioether (sulfide) groups is 1. The fraction of sp³-hybridized carbons (Fsp3) is 0.667. The largest absolute Gasteiger partial charge is 0.353 e. The van der Waals surface area contributed by atoms with E-state index in [0.717, 1.165) is 5.82 Å². The first kappa shape index (κ1) is 21.8. The summed E-state index contributed by atoms with van der Waals surface area (Å²) in [6.07, 6.45) is 0.525. The molecule has 0 spiro atoms. The fourth-order valence-electron chi connectivity index (χ4n) is 2.61. The van der Waals surface area contributed by atoms with Gasteiger partial charge in [-0.05, 0) is 12.8 Å². The number of hydrogen-bond donors (Lipinski definition) is 1. The molecule has 0 aliphatic carbocycles. The Balaban J connectivity index is 1.94. The quantitative estimate of drug-likeness (QED) is 0.420. The normalized spacial score (nSPS) is 15.8. The zero-order valence-electron chi connectivity index (χ0n) is 16.4. The highest BCUT2D eigenvalue weighted by atomic mass is 35.5. The van der Waals surface area contributed by atoms with E-state index in [1.165, 1.54) is 11.8 Å². The number of halogens is 1. The van der Waals surface area contributed by atoms with Gasteiger partial charge >= 0.3 is 0 Å². The Hall–Kier alpha value is -1.54. The van der Waals surface area contributed by atoms with Crippen molar-refractivity contribution >= 4 is 41.0 Å². The number of carbonyl (C=O) groups excluding carboxylic acids is 2. The molecule has 9 heteroatoms. The van der Waals surface area contributed by atoms with Crippen LogP contribution in [0.5, 0.6) is 0 Å². The molecule has 2 rings (SSSR count). The molecule has 7 nitrogen and oxygen atoms in total. The number of nitrogens with zero attached hydrogens (tertiary/aromatic N) is 4. The number of amides is 2. The van der Waals surface area contributed by atoms with Crippen LogP contribution < -0.4 is 10.2 Å². The van der Waals surface area contributed by atoms with Crippen LogP contribution in [-0.2, 0) is 9.59 Å². The number of rotatable bonds is 7. The molecule has 1 aliphatic rings. The Morgan fingerprint density at radius 2 is 1.89 bits per heavy atom. The minimum atomic E-state index is -0.0435. The van der Waals surface area contributed by atoms with Gasteiger partial charge in [0, 0.05) is 44.7 Å². The summed E-state index contributed by atoms with van der Waals surface area (Å²) in [4.78, 5) is 36.6. The van der Waals surface area contributed by atoms with Gasteiger partial charge in [-0.25, -0.2) is 9.97 Å². The predicted molar refractivity (Wildman–Crippen MR) is 109 cm³/mol. The third kappa shape index (κ3) is 6.53. The van der Waals surface area contributed by atoms with Crippen LogP contribution in [0.2, 0.25) is 5.15 Å². The molecule has 0 aromatic carbocycles. The predicted octanol–water partition coefficient (Wildman–Crippen LogP) is 2.44. The number of aromatic nitrogens is 2. The highest BCUT2D eigenvalue weighted by molar-refractivity contribution is 7.99. The number of carbonyl (C=O) groups is 2. The summed E-state index contributed by atoms with van der Waals surface area (Å²) in [5.74, 6) is 1.49. The van der Waals surface area contributed by atoms with Gasteiger partial charge in [0.1, 0.15) is 11.0 Å². The first-order valence-electron chi connectivity index (χ1n) is 9.29. The van der Waals surface area contributed by atoms with E-state index in [1.54, 1.807) is 6.07 Å². The number of piperazine rings is 1. The van der Waals surface area contributed by atoms with Crippen molar-refractivity contribution in [2.75, 3.05) is 36.8 Å². The average Bonchev–Trinajstić information content (AvgIpc) is 2.65. The molecule has 1 atom stereocenters. The minimum absolute atomic E-state index is 0.0435. The summed E-state index contributed by atoms with van der Waals surface area (Å²) in [5, 5.41) is 3.80. The summed E-state index contributed by atoms with van der Waals surface area (Å²) < 4.78 is 0. The van der Waals surface area contributed by atoms with E-state index >= 15 is 0 Å². The smallest absolute Gasteiger partial charge is 0.230 e. The van der Waals surface area contributed by atoms with Crippen LogP contribution in [0.4, 0.5) is 5.82 Å². The van der Waals surface area contributed by atoms with E-state index in [0.29, 0.717) is 48.8 Å². The first-order valence-corrected chi connectivity index (χ1v) is 10.7. The SMILES string of the molecule is CCC(=O)N1CCN(c2cc(Cl)nc(SCC(=O)NC(C)C(C)C)n2)CC1. The van der Waals surface area contributed by atoms with Gasteiger partial charge in [0.15, 0.2) is 5.16 Å². The summed E-state index contributed by atoms with van der Waals surface area (Å²) >= 11 is 7.43. The molecule has 1 fully saturated rings. The van der Waals surface area contributed by atoms with E-state index in [4.69, 9.17) is 11.6 Å². The first-order chi connectivity index (χ1) is 12.8. The van der Waals surface area contributed by atoms with E-state index in [-0.39, 0.29) is 23.6 Å². The summed E-state index contributed by atoms with van der Waals surface area (Å²) in [5.41, 5.74) is 0.